The second-order valence-electron chi connectivity index (χ2n) is 2.69. The van der Waals surface area contributed by atoms with E-state index >= 15 is 0 Å². The maximum absolute atomic E-state index is 5.53. The highest BCUT2D eigenvalue weighted by atomic mass is 15.2. The Kier molecular flexibility index (Phi) is 1.70. The lowest BCUT2D eigenvalue weighted by Gasteiger charge is -1.94. The fourth-order valence-electron chi connectivity index (χ4n) is 1.03. The number of nitrogen functional groups attached to an aromatic ring is 1. The molecule has 0 spiro atoms. The van der Waals surface area contributed by atoms with Crippen LogP contribution in [0.5, 0.6) is 0 Å². The molecule has 0 saturated heterocycles. The van der Waals surface area contributed by atoms with Crippen LogP contribution in [0.25, 0.3) is 11.5 Å². The molecule has 0 saturated carbocycles. The molecule has 0 aliphatic heterocycles. The number of aromatic amines is 1. The van der Waals surface area contributed by atoms with Gasteiger partial charge in [-0.1, -0.05) is 6.07 Å². The van der Waals surface area contributed by atoms with E-state index in [1.54, 1.807) is 6.07 Å². The molecule has 3 N–H and O–H groups in total. The molecule has 5 nitrogen and oxygen atoms in total. The largest absolute Gasteiger partial charge is 0.384 e. The van der Waals surface area contributed by atoms with E-state index in [0.29, 0.717) is 17.3 Å². The van der Waals surface area contributed by atoms with Crippen LogP contribution < -0.4 is 5.73 Å². The van der Waals surface area contributed by atoms with E-state index in [1.165, 1.54) is 0 Å². The molecular weight excluding hydrogens is 166 g/mol. The van der Waals surface area contributed by atoms with Gasteiger partial charge in [0.15, 0.2) is 5.82 Å². The summed E-state index contributed by atoms with van der Waals surface area (Å²) in [6.07, 6.45) is 0. The Morgan fingerprint density at radius 1 is 1.31 bits per heavy atom. The van der Waals surface area contributed by atoms with E-state index in [9.17, 15) is 0 Å². The topological polar surface area (TPSA) is 80.5 Å². The van der Waals surface area contributed by atoms with Crippen molar-refractivity contribution in [2.45, 2.75) is 6.92 Å². The zero-order chi connectivity index (χ0) is 9.26. The number of aryl methyl sites for hydroxylation is 1. The van der Waals surface area contributed by atoms with Crippen molar-refractivity contribution in [3.05, 3.63) is 24.0 Å². The molecule has 2 aromatic heterocycles. The van der Waals surface area contributed by atoms with Crippen molar-refractivity contribution in [2.24, 2.45) is 0 Å². The number of hydrogen-bond acceptors (Lipinski definition) is 4. The van der Waals surface area contributed by atoms with Crippen LogP contribution in [0.2, 0.25) is 0 Å². The van der Waals surface area contributed by atoms with Crippen molar-refractivity contribution in [2.75, 3.05) is 5.73 Å². The van der Waals surface area contributed by atoms with Gasteiger partial charge in [0.05, 0.1) is 0 Å². The van der Waals surface area contributed by atoms with Crippen LogP contribution in [0.3, 0.4) is 0 Å². The summed E-state index contributed by atoms with van der Waals surface area (Å²) >= 11 is 0. The van der Waals surface area contributed by atoms with E-state index < -0.39 is 0 Å². The van der Waals surface area contributed by atoms with Gasteiger partial charge in [-0.3, -0.25) is 5.10 Å². The number of nitrogens with one attached hydrogen (secondary N) is 1. The Bertz CT molecular complexity index is 420. The molecule has 0 radical (unpaired) electrons. The molecule has 66 valence electrons. The first kappa shape index (κ1) is 7.72. The Hall–Kier alpha value is -1.91. The molecule has 0 unspecified atom stereocenters. The Labute approximate surface area is 75.0 Å². The molecule has 0 atom stereocenters. The van der Waals surface area contributed by atoms with E-state index in [-0.39, 0.29) is 0 Å². The fraction of sp³-hybridized carbons (Fsp3) is 0.125. The van der Waals surface area contributed by atoms with Crippen LogP contribution >= 0.6 is 0 Å². The first-order valence-electron chi connectivity index (χ1n) is 3.87. The van der Waals surface area contributed by atoms with Gasteiger partial charge in [0, 0.05) is 0 Å². The Morgan fingerprint density at radius 3 is 2.77 bits per heavy atom. The summed E-state index contributed by atoms with van der Waals surface area (Å²) in [5.74, 6) is 1.81. The second-order valence-corrected chi connectivity index (χ2v) is 2.69. The Morgan fingerprint density at radius 2 is 2.15 bits per heavy atom. The first-order chi connectivity index (χ1) is 6.25. The van der Waals surface area contributed by atoms with Gasteiger partial charge in [-0.05, 0) is 19.1 Å². The molecule has 0 bridgehead atoms. The summed E-state index contributed by atoms with van der Waals surface area (Å²) in [6, 6.07) is 5.37. The van der Waals surface area contributed by atoms with Gasteiger partial charge in [-0.25, -0.2) is 9.97 Å². The highest BCUT2D eigenvalue weighted by Crippen LogP contribution is 2.12. The maximum atomic E-state index is 5.53. The lowest BCUT2D eigenvalue weighted by molar-refractivity contribution is 1.04. The van der Waals surface area contributed by atoms with Gasteiger partial charge in [-0.2, -0.15) is 5.10 Å². The van der Waals surface area contributed by atoms with Gasteiger partial charge >= 0.3 is 0 Å². The number of rotatable bonds is 1. The van der Waals surface area contributed by atoms with Crippen molar-refractivity contribution in [1.82, 2.24) is 20.2 Å². The average Bonchev–Trinajstić information content (AvgIpc) is 2.52. The lowest BCUT2D eigenvalue weighted by atomic mass is 10.3. The molecular formula is C8H9N5. The van der Waals surface area contributed by atoms with E-state index in [0.717, 1.165) is 5.82 Å². The number of anilines is 1. The molecule has 0 aliphatic carbocycles. The molecule has 0 aliphatic rings. The molecule has 13 heavy (non-hydrogen) atoms. The van der Waals surface area contributed by atoms with E-state index in [4.69, 9.17) is 5.73 Å². The van der Waals surface area contributed by atoms with Crippen molar-refractivity contribution in [3.63, 3.8) is 0 Å². The Balaban J connectivity index is 2.46. The van der Waals surface area contributed by atoms with E-state index in [1.807, 2.05) is 19.1 Å². The van der Waals surface area contributed by atoms with Crippen LogP contribution in [0.15, 0.2) is 18.2 Å². The highest BCUT2D eigenvalue weighted by molar-refractivity contribution is 5.51. The lowest BCUT2D eigenvalue weighted by Crippen LogP contribution is -1.92. The predicted molar refractivity (Wildman–Crippen MR) is 48.8 cm³/mol. The summed E-state index contributed by atoms with van der Waals surface area (Å²) in [6.45, 7) is 1.84. The first-order valence-corrected chi connectivity index (χ1v) is 3.87. The number of nitrogens with two attached hydrogens (primary N) is 1. The summed E-state index contributed by atoms with van der Waals surface area (Å²) in [5, 5.41) is 6.72. The summed E-state index contributed by atoms with van der Waals surface area (Å²) < 4.78 is 0. The van der Waals surface area contributed by atoms with Gasteiger partial charge in [0.25, 0.3) is 0 Å². The molecule has 0 fully saturated rings. The molecule has 5 heteroatoms. The zero-order valence-electron chi connectivity index (χ0n) is 7.15. The second kappa shape index (κ2) is 2.85. The standard InChI is InChI=1S/C8H9N5/c1-5-10-8(13-12-5)6-3-2-4-7(9)11-6/h2-4H,1H3,(H2,9,11)(H,10,12,13). The van der Waals surface area contributed by atoms with Crippen LogP contribution in [0.1, 0.15) is 5.82 Å². The van der Waals surface area contributed by atoms with Gasteiger partial charge in [-0.15, -0.1) is 0 Å². The minimum atomic E-state index is 0.472. The van der Waals surface area contributed by atoms with Gasteiger partial charge < -0.3 is 5.73 Å². The third-order valence-corrected chi connectivity index (χ3v) is 1.60. The highest BCUT2D eigenvalue weighted by Gasteiger charge is 2.04. The van der Waals surface area contributed by atoms with Crippen molar-refractivity contribution in [3.8, 4) is 11.5 Å². The van der Waals surface area contributed by atoms with Crippen molar-refractivity contribution >= 4 is 5.82 Å². The van der Waals surface area contributed by atoms with Gasteiger partial charge in [0.1, 0.15) is 17.3 Å². The third-order valence-electron chi connectivity index (χ3n) is 1.60. The number of nitrogens with zero attached hydrogens (tertiary/aromatic N) is 3. The molecule has 0 amide bonds. The fourth-order valence-corrected chi connectivity index (χ4v) is 1.03. The molecule has 2 aromatic rings. The molecule has 2 heterocycles. The molecule has 2 rings (SSSR count). The smallest absolute Gasteiger partial charge is 0.199 e. The molecule has 0 aromatic carbocycles. The quantitative estimate of drug-likeness (QED) is 0.670. The number of aromatic nitrogens is 4. The minimum Gasteiger partial charge on any atom is -0.384 e. The summed E-state index contributed by atoms with van der Waals surface area (Å²) in [7, 11) is 0. The number of pyridine rings is 1. The SMILES string of the molecule is Cc1nc(-c2cccc(N)n2)n[nH]1. The monoisotopic (exact) mass is 175 g/mol. The van der Waals surface area contributed by atoms with Gasteiger partial charge in [0.2, 0.25) is 0 Å². The van der Waals surface area contributed by atoms with Crippen molar-refractivity contribution < 1.29 is 0 Å². The van der Waals surface area contributed by atoms with Crippen LogP contribution in [0, 0.1) is 6.92 Å². The predicted octanol–water partition coefficient (Wildman–Crippen LogP) is 0.757. The average molecular weight is 175 g/mol. The normalized spacial score (nSPS) is 10.2. The van der Waals surface area contributed by atoms with Crippen molar-refractivity contribution in [1.29, 1.82) is 0 Å². The number of hydrogen-bond donors (Lipinski definition) is 2. The maximum Gasteiger partial charge on any atom is 0.199 e. The van der Waals surface area contributed by atoms with Crippen LogP contribution in [-0.4, -0.2) is 20.2 Å². The minimum absolute atomic E-state index is 0.472. The van der Waals surface area contributed by atoms with Crippen LogP contribution in [-0.2, 0) is 0 Å². The third kappa shape index (κ3) is 1.48. The summed E-state index contributed by atoms with van der Waals surface area (Å²) in [5.41, 5.74) is 6.21. The van der Waals surface area contributed by atoms with Crippen LogP contribution in [0.4, 0.5) is 5.82 Å². The number of H-pyrrole nitrogens is 1. The van der Waals surface area contributed by atoms with E-state index in [2.05, 4.69) is 20.2 Å². The zero-order valence-corrected chi connectivity index (χ0v) is 7.15. The summed E-state index contributed by atoms with van der Waals surface area (Å²) in [4.78, 5) is 8.23.